The van der Waals surface area contributed by atoms with Gasteiger partial charge < -0.3 is 10.1 Å². The fourth-order valence-electron chi connectivity index (χ4n) is 1.35. The highest BCUT2D eigenvalue weighted by molar-refractivity contribution is 8.72. The quantitative estimate of drug-likeness (QED) is 0.840. The summed E-state index contributed by atoms with van der Waals surface area (Å²) in [6.07, 6.45) is 0. The first-order valence-corrected chi connectivity index (χ1v) is 8.24. The Morgan fingerprint density at radius 3 is 2.61 bits per heavy atom. The molecule has 0 fully saturated rings. The van der Waals surface area contributed by atoms with Gasteiger partial charge in [0.15, 0.2) is 0 Å². The molecule has 0 atom stereocenters. The van der Waals surface area contributed by atoms with Gasteiger partial charge in [0.2, 0.25) is 14.8 Å². The molecule has 0 aliphatic heterocycles. The maximum absolute atomic E-state index is 11.9. The second kappa shape index (κ2) is 6.10. The lowest BCUT2D eigenvalue weighted by Gasteiger charge is -2.10. The molecule has 0 saturated heterocycles. The summed E-state index contributed by atoms with van der Waals surface area (Å²) in [5, 5.41) is 2.54. The van der Waals surface area contributed by atoms with E-state index in [4.69, 9.17) is 4.74 Å². The van der Waals surface area contributed by atoms with Crippen LogP contribution in [0.3, 0.4) is 0 Å². The summed E-state index contributed by atoms with van der Waals surface area (Å²) < 4.78 is 28.8. The van der Waals surface area contributed by atoms with E-state index in [1.54, 1.807) is 6.92 Å². The average Bonchev–Trinajstić information content (AvgIpc) is 2.28. The standard InChI is InChI=1S/C11H15NO4S2/c1-4-17-18(14,15)9-5-6-11(16-3)10(7-9)12-8(2)13/h5-7H,4H2,1-3H3,(H,12,13). The summed E-state index contributed by atoms with van der Waals surface area (Å²) in [6.45, 7) is 3.11. The fourth-order valence-corrected chi connectivity index (χ4v) is 3.95. The number of hydrogen-bond donors (Lipinski definition) is 1. The van der Waals surface area contributed by atoms with Gasteiger partial charge in [-0.15, -0.1) is 0 Å². The molecule has 1 amide bonds. The Balaban J connectivity index is 3.22. The maximum atomic E-state index is 11.9. The molecule has 0 unspecified atom stereocenters. The van der Waals surface area contributed by atoms with Crippen LogP contribution in [0.1, 0.15) is 13.8 Å². The average molecular weight is 289 g/mol. The van der Waals surface area contributed by atoms with Gasteiger partial charge in [-0.25, -0.2) is 8.42 Å². The summed E-state index contributed by atoms with van der Waals surface area (Å²) in [5.41, 5.74) is 0.350. The monoisotopic (exact) mass is 289 g/mol. The molecule has 0 aliphatic carbocycles. The number of anilines is 1. The third kappa shape index (κ3) is 3.64. The minimum atomic E-state index is -3.38. The van der Waals surface area contributed by atoms with Crippen LogP contribution in [0.2, 0.25) is 0 Å². The van der Waals surface area contributed by atoms with Crippen molar-refractivity contribution < 1.29 is 17.9 Å². The van der Waals surface area contributed by atoms with E-state index in [-0.39, 0.29) is 10.8 Å². The third-order valence-electron chi connectivity index (χ3n) is 2.04. The van der Waals surface area contributed by atoms with E-state index in [1.807, 2.05) is 0 Å². The molecule has 7 heteroatoms. The van der Waals surface area contributed by atoms with Gasteiger partial charge in [0.25, 0.3) is 0 Å². The van der Waals surface area contributed by atoms with E-state index in [1.165, 1.54) is 32.2 Å². The predicted molar refractivity (Wildman–Crippen MR) is 72.6 cm³/mol. The summed E-state index contributed by atoms with van der Waals surface area (Å²) in [6, 6.07) is 4.38. The van der Waals surface area contributed by atoms with E-state index in [9.17, 15) is 13.2 Å². The van der Waals surface area contributed by atoms with E-state index >= 15 is 0 Å². The number of nitrogens with one attached hydrogen (secondary N) is 1. The number of amides is 1. The van der Waals surface area contributed by atoms with Crippen LogP contribution in [0.5, 0.6) is 5.75 Å². The van der Waals surface area contributed by atoms with E-state index < -0.39 is 8.87 Å². The van der Waals surface area contributed by atoms with Crippen molar-refractivity contribution in [3.63, 3.8) is 0 Å². The van der Waals surface area contributed by atoms with Crippen molar-refractivity contribution in [1.82, 2.24) is 0 Å². The van der Waals surface area contributed by atoms with Crippen LogP contribution in [-0.4, -0.2) is 27.2 Å². The molecule has 1 aromatic carbocycles. The Morgan fingerprint density at radius 2 is 2.11 bits per heavy atom. The van der Waals surface area contributed by atoms with Crippen molar-refractivity contribution in [3.8, 4) is 5.75 Å². The largest absolute Gasteiger partial charge is 0.495 e. The minimum absolute atomic E-state index is 0.152. The number of carbonyl (C=O) groups excluding carboxylic acids is 1. The summed E-state index contributed by atoms with van der Waals surface area (Å²) in [5.74, 6) is 0.598. The van der Waals surface area contributed by atoms with Crippen molar-refractivity contribution in [3.05, 3.63) is 18.2 Å². The zero-order chi connectivity index (χ0) is 13.8. The van der Waals surface area contributed by atoms with Gasteiger partial charge in [0, 0.05) is 12.7 Å². The lowest BCUT2D eigenvalue weighted by atomic mass is 10.3. The zero-order valence-corrected chi connectivity index (χ0v) is 12.0. The molecule has 18 heavy (non-hydrogen) atoms. The smallest absolute Gasteiger partial charge is 0.230 e. The fraction of sp³-hybridized carbons (Fsp3) is 0.364. The molecule has 1 aromatic rings. The Kier molecular flexibility index (Phi) is 5.03. The SMILES string of the molecule is CCSS(=O)(=O)c1ccc(OC)c(NC(C)=O)c1. The predicted octanol–water partition coefficient (Wildman–Crippen LogP) is 2.10. The Bertz CT molecular complexity index is 540. The first-order chi connectivity index (χ1) is 8.40. The summed E-state index contributed by atoms with van der Waals surface area (Å²) in [4.78, 5) is 11.2. The Hall–Kier alpha value is -1.21. The molecule has 0 radical (unpaired) electrons. The number of hydrogen-bond acceptors (Lipinski definition) is 5. The molecule has 0 aromatic heterocycles. The van der Waals surface area contributed by atoms with Crippen molar-refractivity contribution in [2.24, 2.45) is 0 Å². The highest BCUT2D eigenvalue weighted by atomic mass is 33.1. The van der Waals surface area contributed by atoms with Gasteiger partial charge in [-0.2, -0.15) is 0 Å². The van der Waals surface area contributed by atoms with E-state index in [2.05, 4.69) is 5.32 Å². The molecule has 0 heterocycles. The van der Waals surface area contributed by atoms with Gasteiger partial charge in [0.05, 0.1) is 17.7 Å². The van der Waals surface area contributed by atoms with Gasteiger partial charge in [-0.3, -0.25) is 4.79 Å². The van der Waals surface area contributed by atoms with Crippen LogP contribution in [0.25, 0.3) is 0 Å². The lowest BCUT2D eigenvalue weighted by Crippen LogP contribution is -2.08. The van der Waals surface area contributed by atoms with Crippen LogP contribution in [0.4, 0.5) is 5.69 Å². The van der Waals surface area contributed by atoms with Gasteiger partial charge in [-0.1, -0.05) is 6.92 Å². The highest BCUT2D eigenvalue weighted by Gasteiger charge is 2.17. The van der Waals surface area contributed by atoms with Crippen LogP contribution >= 0.6 is 10.8 Å². The molecule has 1 N–H and O–H groups in total. The van der Waals surface area contributed by atoms with Gasteiger partial charge in [-0.05, 0) is 29.0 Å². The van der Waals surface area contributed by atoms with Crippen LogP contribution in [0, 0.1) is 0 Å². The molecule has 0 aliphatic rings. The number of ether oxygens (including phenoxy) is 1. The normalized spacial score (nSPS) is 11.1. The first-order valence-electron chi connectivity index (χ1n) is 5.25. The Labute approximate surface area is 110 Å². The maximum Gasteiger partial charge on any atom is 0.230 e. The molecule has 1 rings (SSSR count). The van der Waals surface area contributed by atoms with Crippen molar-refractivity contribution >= 4 is 31.3 Å². The number of benzene rings is 1. The second-order valence-electron chi connectivity index (χ2n) is 3.40. The molecule has 5 nitrogen and oxygen atoms in total. The van der Waals surface area contributed by atoms with Crippen molar-refractivity contribution in [1.29, 1.82) is 0 Å². The molecule has 0 saturated carbocycles. The van der Waals surface area contributed by atoms with Gasteiger partial charge in [0.1, 0.15) is 5.75 Å². The lowest BCUT2D eigenvalue weighted by molar-refractivity contribution is -0.114. The van der Waals surface area contributed by atoms with Crippen LogP contribution < -0.4 is 10.1 Å². The topological polar surface area (TPSA) is 72.5 Å². The van der Waals surface area contributed by atoms with E-state index in [0.717, 1.165) is 10.8 Å². The van der Waals surface area contributed by atoms with Crippen molar-refractivity contribution in [2.45, 2.75) is 18.7 Å². The van der Waals surface area contributed by atoms with E-state index in [0.29, 0.717) is 17.2 Å². The minimum Gasteiger partial charge on any atom is -0.495 e. The van der Waals surface area contributed by atoms with Gasteiger partial charge >= 0.3 is 0 Å². The summed E-state index contributed by atoms with van der Waals surface area (Å²) in [7, 11) is -1.08. The molecule has 0 spiro atoms. The second-order valence-corrected chi connectivity index (χ2v) is 7.62. The molecular weight excluding hydrogens is 274 g/mol. The van der Waals surface area contributed by atoms with Crippen molar-refractivity contribution in [2.75, 3.05) is 18.2 Å². The highest BCUT2D eigenvalue weighted by Crippen LogP contribution is 2.31. The number of methoxy groups -OCH3 is 1. The van der Waals surface area contributed by atoms with Crippen LogP contribution in [0.15, 0.2) is 23.1 Å². The first kappa shape index (κ1) is 14.8. The molecule has 100 valence electrons. The Morgan fingerprint density at radius 1 is 1.44 bits per heavy atom. The molecular formula is C11H15NO4S2. The molecule has 0 bridgehead atoms. The van der Waals surface area contributed by atoms with Crippen LogP contribution in [-0.2, 0) is 13.7 Å². The summed E-state index contributed by atoms with van der Waals surface area (Å²) >= 11 is 0. The third-order valence-corrected chi connectivity index (χ3v) is 5.64. The zero-order valence-electron chi connectivity index (χ0n) is 10.4. The number of carbonyl (C=O) groups is 1. The number of rotatable bonds is 5.